The number of hydrogen-bond donors (Lipinski definition) is 1. The van der Waals surface area contributed by atoms with Gasteiger partial charge in [0.05, 0.1) is 0 Å². The minimum Gasteiger partial charge on any atom is -0.456 e. The summed E-state index contributed by atoms with van der Waals surface area (Å²) in [5, 5.41) is 7.78. The van der Waals surface area contributed by atoms with Gasteiger partial charge in [0.1, 0.15) is 34.0 Å². The van der Waals surface area contributed by atoms with Crippen LogP contribution in [0.15, 0.2) is 183 Å². The van der Waals surface area contributed by atoms with Crippen LogP contribution in [0.4, 0.5) is 0 Å². The maximum atomic E-state index is 6.52. The lowest BCUT2D eigenvalue weighted by Crippen LogP contribution is -2.36. The van der Waals surface area contributed by atoms with Gasteiger partial charge < -0.3 is 14.2 Å². The fraction of sp³-hybridized carbons (Fsp3) is 0.0222. The smallest absolute Gasteiger partial charge is 0.169 e. The highest BCUT2D eigenvalue weighted by Gasteiger charge is 2.24. The van der Waals surface area contributed by atoms with Crippen LogP contribution in [0.1, 0.15) is 22.9 Å². The Morgan fingerprint density at radius 1 is 0.400 bits per heavy atom. The molecule has 3 heterocycles. The highest BCUT2D eigenvalue weighted by molar-refractivity contribution is 6.23. The van der Waals surface area contributed by atoms with Crippen molar-refractivity contribution in [2.24, 2.45) is 9.98 Å². The molecule has 1 atom stereocenters. The zero-order valence-electron chi connectivity index (χ0n) is 26.9. The van der Waals surface area contributed by atoms with E-state index in [0.29, 0.717) is 0 Å². The van der Waals surface area contributed by atoms with E-state index in [2.05, 4.69) is 108 Å². The quantitative estimate of drug-likeness (QED) is 0.203. The van der Waals surface area contributed by atoms with Crippen molar-refractivity contribution in [3.63, 3.8) is 0 Å². The van der Waals surface area contributed by atoms with Crippen molar-refractivity contribution in [1.82, 2.24) is 5.32 Å². The van der Waals surface area contributed by atoms with E-state index in [1.807, 2.05) is 60.7 Å². The molecule has 0 radical (unpaired) electrons. The first-order valence-corrected chi connectivity index (χ1v) is 16.8. The molecule has 1 N–H and O–H groups in total. The SMILES string of the molecule is c1ccc(C2=NC(c3ccc4oc5ccccc5c4c3)N=C(c3cccc4oc5cc(-c6ccc(-c7ccccc7)cc6)ccc5c34)N2)cc1. The topological polar surface area (TPSA) is 63.0 Å². The van der Waals surface area contributed by atoms with Crippen LogP contribution in [0.5, 0.6) is 0 Å². The molecule has 9 aromatic rings. The third kappa shape index (κ3) is 4.79. The van der Waals surface area contributed by atoms with E-state index < -0.39 is 6.17 Å². The van der Waals surface area contributed by atoms with Crippen LogP contribution in [0, 0.1) is 0 Å². The maximum Gasteiger partial charge on any atom is 0.169 e. The van der Waals surface area contributed by atoms with Crippen molar-refractivity contribution in [3.05, 3.63) is 180 Å². The summed E-state index contributed by atoms with van der Waals surface area (Å²) in [6, 6.07) is 56.4. The van der Waals surface area contributed by atoms with Gasteiger partial charge in [-0.15, -0.1) is 0 Å². The van der Waals surface area contributed by atoms with E-state index in [4.69, 9.17) is 18.8 Å². The first kappa shape index (κ1) is 28.3. The minimum atomic E-state index is -0.460. The van der Waals surface area contributed by atoms with Crippen LogP contribution >= 0.6 is 0 Å². The second-order valence-electron chi connectivity index (χ2n) is 12.6. The Morgan fingerprint density at radius 3 is 1.84 bits per heavy atom. The largest absolute Gasteiger partial charge is 0.456 e. The molecular formula is C45H29N3O2. The molecule has 10 rings (SSSR count). The van der Waals surface area contributed by atoms with Gasteiger partial charge in [-0.25, -0.2) is 9.98 Å². The van der Waals surface area contributed by atoms with Crippen LogP contribution in [0.25, 0.3) is 66.1 Å². The normalized spacial score (nSPS) is 14.6. The van der Waals surface area contributed by atoms with Gasteiger partial charge in [0, 0.05) is 32.7 Å². The van der Waals surface area contributed by atoms with Crippen LogP contribution < -0.4 is 5.32 Å². The Bertz CT molecular complexity index is 2770. The molecule has 0 aliphatic carbocycles. The Labute approximate surface area is 287 Å². The van der Waals surface area contributed by atoms with Gasteiger partial charge in [-0.1, -0.05) is 127 Å². The summed E-state index contributed by atoms with van der Waals surface area (Å²) >= 11 is 0. The summed E-state index contributed by atoms with van der Waals surface area (Å²) < 4.78 is 12.6. The number of nitrogens with one attached hydrogen (secondary N) is 1. The molecule has 0 amide bonds. The van der Waals surface area contributed by atoms with Gasteiger partial charge in [-0.05, 0) is 64.2 Å². The summed E-state index contributed by atoms with van der Waals surface area (Å²) in [6.45, 7) is 0. The molecule has 1 unspecified atom stereocenters. The van der Waals surface area contributed by atoms with Crippen LogP contribution in [-0.4, -0.2) is 11.7 Å². The zero-order valence-corrected chi connectivity index (χ0v) is 26.9. The van der Waals surface area contributed by atoms with Gasteiger partial charge in [0.15, 0.2) is 6.17 Å². The Morgan fingerprint density at radius 2 is 1.02 bits per heavy atom. The third-order valence-corrected chi connectivity index (χ3v) is 9.56. The first-order valence-electron chi connectivity index (χ1n) is 16.8. The number of amidine groups is 2. The number of rotatable bonds is 5. The Balaban J connectivity index is 1.07. The molecule has 1 aliphatic heterocycles. The maximum absolute atomic E-state index is 6.52. The minimum absolute atomic E-state index is 0.460. The van der Waals surface area contributed by atoms with Crippen molar-refractivity contribution in [2.45, 2.75) is 6.17 Å². The fourth-order valence-electron chi connectivity index (χ4n) is 7.07. The molecule has 236 valence electrons. The van der Waals surface area contributed by atoms with Crippen molar-refractivity contribution in [3.8, 4) is 22.3 Å². The summed E-state index contributed by atoms with van der Waals surface area (Å²) in [5.74, 6) is 1.51. The molecular weight excluding hydrogens is 615 g/mol. The predicted molar refractivity (Wildman–Crippen MR) is 204 cm³/mol. The average molecular weight is 644 g/mol. The van der Waals surface area contributed by atoms with E-state index in [9.17, 15) is 0 Å². The van der Waals surface area contributed by atoms with Gasteiger partial charge >= 0.3 is 0 Å². The van der Waals surface area contributed by atoms with Crippen molar-refractivity contribution in [2.75, 3.05) is 0 Å². The second-order valence-corrected chi connectivity index (χ2v) is 12.6. The van der Waals surface area contributed by atoms with E-state index in [0.717, 1.165) is 83.4 Å². The summed E-state index contributed by atoms with van der Waals surface area (Å²) in [6.07, 6.45) is -0.460. The van der Waals surface area contributed by atoms with E-state index in [-0.39, 0.29) is 0 Å². The van der Waals surface area contributed by atoms with Crippen LogP contribution in [0.3, 0.4) is 0 Å². The number of para-hydroxylation sites is 1. The Kier molecular flexibility index (Phi) is 6.49. The molecule has 0 saturated carbocycles. The van der Waals surface area contributed by atoms with Crippen molar-refractivity contribution >= 4 is 55.5 Å². The molecule has 0 fully saturated rings. The highest BCUT2D eigenvalue weighted by Crippen LogP contribution is 2.37. The van der Waals surface area contributed by atoms with E-state index >= 15 is 0 Å². The highest BCUT2D eigenvalue weighted by atomic mass is 16.3. The second kappa shape index (κ2) is 11.5. The summed E-state index contributed by atoms with van der Waals surface area (Å²) in [5.41, 5.74) is 10.9. The molecule has 2 aromatic heterocycles. The number of fused-ring (bicyclic) bond motifs is 6. The number of furan rings is 2. The van der Waals surface area contributed by atoms with Crippen LogP contribution in [-0.2, 0) is 0 Å². The number of nitrogens with zero attached hydrogens (tertiary/aromatic N) is 2. The van der Waals surface area contributed by atoms with Gasteiger partial charge in [-0.3, -0.25) is 0 Å². The standard InChI is InChI=1S/C45H29N3O2/c1-3-10-28(11-4-1)29-18-20-30(21-19-29)32-22-24-35-41(27-32)50-40-17-9-15-36(42(35)40)45-47-43(31-12-5-2-6-13-31)46-44(48-45)33-23-25-39-37(26-33)34-14-7-8-16-38(34)49-39/h1-27,44H,(H,46,47,48). The fourth-order valence-corrected chi connectivity index (χ4v) is 7.07. The number of aliphatic imine (C=N–C) groups is 2. The van der Waals surface area contributed by atoms with E-state index in [1.54, 1.807) is 0 Å². The summed E-state index contributed by atoms with van der Waals surface area (Å²) in [4.78, 5) is 10.4. The van der Waals surface area contributed by atoms with E-state index in [1.165, 1.54) is 11.1 Å². The predicted octanol–water partition coefficient (Wildman–Crippen LogP) is 11.3. The van der Waals surface area contributed by atoms with Gasteiger partial charge in [0.25, 0.3) is 0 Å². The molecule has 5 nitrogen and oxygen atoms in total. The molecule has 0 bridgehead atoms. The molecule has 0 spiro atoms. The van der Waals surface area contributed by atoms with Crippen LogP contribution in [0.2, 0.25) is 0 Å². The van der Waals surface area contributed by atoms with Crippen molar-refractivity contribution < 1.29 is 8.83 Å². The molecule has 1 aliphatic rings. The van der Waals surface area contributed by atoms with Crippen molar-refractivity contribution in [1.29, 1.82) is 0 Å². The molecule has 7 aromatic carbocycles. The number of hydrogen-bond acceptors (Lipinski definition) is 5. The van der Waals surface area contributed by atoms with Gasteiger partial charge in [0.2, 0.25) is 0 Å². The third-order valence-electron chi connectivity index (χ3n) is 9.56. The summed E-state index contributed by atoms with van der Waals surface area (Å²) in [7, 11) is 0. The zero-order chi connectivity index (χ0) is 33.0. The average Bonchev–Trinajstić information content (AvgIpc) is 3.76. The lowest BCUT2D eigenvalue weighted by Gasteiger charge is -2.22. The number of benzene rings is 7. The molecule has 5 heteroatoms. The van der Waals surface area contributed by atoms with Gasteiger partial charge in [-0.2, -0.15) is 0 Å². The lowest BCUT2D eigenvalue weighted by molar-refractivity contribution is 0.668. The monoisotopic (exact) mass is 643 g/mol. The first-order chi connectivity index (χ1) is 24.7. The Hall–Kier alpha value is -6.72. The molecule has 0 saturated heterocycles. The lowest BCUT2D eigenvalue weighted by atomic mass is 9.98. The molecule has 50 heavy (non-hydrogen) atoms.